The molecular formula is C33H42N2O7. The lowest BCUT2D eigenvalue weighted by molar-refractivity contribution is -0.145. The van der Waals surface area contributed by atoms with E-state index in [9.17, 15) is 24.9 Å². The predicted molar refractivity (Wildman–Crippen MR) is 156 cm³/mol. The number of phenolic OH excluding ortho intramolecular Hbond substituents is 2. The first kappa shape index (κ1) is 30.0. The highest BCUT2D eigenvalue weighted by atomic mass is 16.6. The number of aliphatic hydroxyl groups is 1. The number of aromatic hydroxyl groups is 2. The SMILES string of the molecule is C#C[C@@]1(O)CC[C@@H]2[C@@H]3CCC4=CC(=NOCC(=O)N[C@H](Cc5ccc(O)c(O)c5)C(=O)OC)CC[C@]4(C)[C@H]3CC[C@]21C. The maximum atomic E-state index is 12.6. The molecule has 3 fully saturated rings. The number of esters is 1. The van der Waals surface area contributed by atoms with Crippen LogP contribution in [0.15, 0.2) is 35.0 Å². The lowest BCUT2D eigenvalue weighted by Crippen LogP contribution is -2.54. The van der Waals surface area contributed by atoms with Crippen molar-refractivity contribution in [3.05, 3.63) is 35.4 Å². The van der Waals surface area contributed by atoms with Crippen LogP contribution in [0.25, 0.3) is 0 Å². The molecule has 1 amide bonds. The molecule has 3 saturated carbocycles. The fraction of sp³-hybridized carbons (Fsp3) is 0.606. The Balaban J connectivity index is 1.20. The maximum absolute atomic E-state index is 12.6. The van der Waals surface area contributed by atoms with E-state index in [4.69, 9.17) is 16.0 Å². The van der Waals surface area contributed by atoms with Gasteiger partial charge in [0.2, 0.25) is 0 Å². The molecule has 1 aromatic carbocycles. The summed E-state index contributed by atoms with van der Waals surface area (Å²) in [5.41, 5.74) is 1.60. The molecule has 9 nitrogen and oxygen atoms in total. The van der Waals surface area contributed by atoms with Crippen LogP contribution in [0.3, 0.4) is 0 Å². The van der Waals surface area contributed by atoms with Gasteiger partial charge in [-0.15, -0.1) is 6.42 Å². The topological polar surface area (TPSA) is 138 Å². The predicted octanol–water partition coefficient (Wildman–Crippen LogP) is 4.00. The molecule has 0 heterocycles. The van der Waals surface area contributed by atoms with Crippen LogP contribution in [0.5, 0.6) is 11.5 Å². The van der Waals surface area contributed by atoms with Crippen LogP contribution < -0.4 is 5.32 Å². The van der Waals surface area contributed by atoms with E-state index in [0.717, 1.165) is 50.7 Å². The summed E-state index contributed by atoms with van der Waals surface area (Å²) in [5, 5.41) is 37.4. The summed E-state index contributed by atoms with van der Waals surface area (Å²) in [4.78, 5) is 30.3. The molecule has 4 aliphatic rings. The lowest BCUT2D eigenvalue weighted by Gasteiger charge is -2.58. The number of amides is 1. The van der Waals surface area contributed by atoms with Crippen LogP contribution in [-0.4, -0.2) is 58.3 Å². The Hall–Kier alpha value is -3.51. The molecule has 1 aromatic rings. The summed E-state index contributed by atoms with van der Waals surface area (Å²) >= 11 is 0. The van der Waals surface area contributed by atoms with Gasteiger partial charge in [0.15, 0.2) is 18.1 Å². The molecule has 0 radical (unpaired) electrons. The van der Waals surface area contributed by atoms with Crippen LogP contribution in [0.1, 0.15) is 70.8 Å². The number of terminal acetylenes is 1. The zero-order valence-electron chi connectivity index (χ0n) is 24.7. The van der Waals surface area contributed by atoms with Crippen molar-refractivity contribution in [3.8, 4) is 23.8 Å². The quantitative estimate of drug-likeness (QED) is 0.166. The average Bonchev–Trinajstić information content (AvgIpc) is 3.25. The molecule has 42 heavy (non-hydrogen) atoms. The third kappa shape index (κ3) is 5.15. The number of oxime groups is 1. The fourth-order valence-electron chi connectivity index (χ4n) is 8.57. The van der Waals surface area contributed by atoms with Crippen molar-refractivity contribution in [2.75, 3.05) is 13.7 Å². The Morgan fingerprint density at radius 2 is 1.88 bits per heavy atom. The number of ether oxygens (including phenoxy) is 1. The van der Waals surface area contributed by atoms with E-state index in [1.165, 1.54) is 24.8 Å². The Morgan fingerprint density at radius 1 is 1.12 bits per heavy atom. The summed E-state index contributed by atoms with van der Waals surface area (Å²) in [5.74, 6) is 2.55. The second-order valence-electron chi connectivity index (χ2n) is 13.0. The molecule has 5 rings (SSSR count). The van der Waals surface area contributed by atoms with Crippen LogP contribution in [-0.2, 0) is 25.6 Å². The van der Waals surface area contributed by atoms with Crippen molar-refractivity contribution >= 4 is 17.6 Å². The number of allylic oxidation sites excluding steroid dienone is 2. The standard InChI is InChI=1S/C33H42N2O7/c1-5-33(40)15-12-25-23-8-7-21-18-22(10-13-31(21,2)24(23)11-14-32(25,33)3)35-42-19-29(38)34-26(30(39)41-4)16-20-6-9-27(36)28(37)17-20/h1,6,9,17-18,23-26,36-37,40H,7-8,10-16,19H2,2-4H3,(H,34,38)/t23-,24+,25-,26-,31+,32-,33-/m1/s1. The van der Waals surface area contributed by atoms with Crippen molar-refractivity contribution < 1.29 is 34.5 Å². The molecule has 0 spiro atoms. The molecule has 226 valence electrons. The van der Waals surface area contributed by atoms with Crippen molar-refractivity contribution in [2.24, 2.45) is 33.7 Å². The minimum Gasteiger partial charge on any atom is -0.504 e. The number of hydrogen-bond donors (Lipinski definition) is 4. The van der Waals surface area contributed by atoms with E-state index in [2.05, 4.69) is 36.3 Å². The first-order chi connectivity index (χ1) is 19.9. The summed E-state index contributed by atoms with van der Waals surface area (Å²) in [6.45, 7) is 4.23. The van der Waals surface area contributed by atoms with Gasteiger partial charge in [0.05, 0.1) is 12.8 Å². The molecule has 0 saturated heterocycles. The van der Waals surface area contributed by atoms with Gasteiger partial charge in [-0.25, -0.2) is 4.79 Å². The lowest BCUT2D eigenvalue weighted by atomic mass is 9.46. The van der Waals surface area contributed by atoms with Crippen molar-refractivity contribution in [3.63, 3.8) is 0 Å². The minimum atomic E-state index is -0.999. The number of benzene rings is 1. The number of methoxy groups -OCH3 is 1. The smallest absolute Gasteiger partial charge is 0.328 e. The van der Waals surface area contributed by atoms with Crippen molar-refractivity contribution in [2.45, 2.75) is 83.3 Å². The third-order valence-corrected chi connectivity index (χ3v) is 11.0. The monoisotopic (exact) mass is 578 g/mol. The summed E-state index contributed by atoms with van der Waals surface area (Å²) < 4.78 is 4.82. The Bertz CT molecular complexity index is 1350. The molecule has 0 bridgehead atoms. The highest BCUT2D eigenvalue weighted by Crippen LogP contribution is 2.67. The number of carbonyl (C=O) groups excluding carboxylic acids is 2. The van der Waals surface area contributed by atoms with Crippen LogP contribution in [0.4, 0.5) is 0 Å². The third-order valence-electron chi connectivity index (χ3n) is 11.0. The number of rotatable bonds is 7. The zero-order chi connectivity index (χ0) is 30.3. The summed E-state index contributed by atoms with van der Waals surface area (Å²) in [7, 11) is 1.23. The second-order valence-corrected chi connectivity index (χ2v) is 13.0. The number of carbonyl (C=O) groups is 2. The van der Waals surface area contributed by atoms with E-state index in [0.29, 0.717) is 29.7 Å². The Labute approximate surface area is 247 Å². The van der Waals surface area contributed by atoms with E-state index in [1.54, 1.807) is 6.07 Å². The number of fused-ring (bicyclic) bond motifs is 5. The fourth-order valence-corrected chi connectivity index (χ4v) is 8.57. The van der Waals surface area contributed by atoms with Gasteiger partial charge >= 0.3 is 5.97 Å². The normalized spacial score (nSPS) is 35.1. The van der Waals surface area contributed by atoms with Crippen LogP contribution in [0, 0.1) is 40.9 Å². The molecule has 4 aliphatic carbocycles. The van der Waals surface area contributed by atoms with E-state index >= 15 is 0 Å². The van der Waals surface area contributed by atoms with Gasteiger partial charge in [-0.3, -0.25) is 4.79 Å². The Kier molecular flexibility index (Phi) is 8.06. The number of phenols is 2. The van der Waals surface area contributed by atoms with Crippen molar-refractivity contribution in [1.82, 2.24) is 5.32 Å². The summed E-state index contributed by atoms with van der Waals surface area (Å²) in [6, 6.07) is 3.20. The number of hydrogen-bond acceptors (Lipinski definition) is 8. The van der Waals surface area contributed by atoms with Gasteiger partial charge < -0.3 is 30.2 Å². The van der Waals surface area contributed by atoms with Crippen LogP contribution in [0.2, 0.25) is 0 Å². The minimum absolute atomic E-state index is 0.0651. The molecule has 0 aliphatic heterocycles. The van der Waals surface area contributed by atoms with Crippen LogP contribution >= 0.6 is 0 Å². The summed E-state index contributed by atoms with van der Waals surface area (Å²) in [6.07, 6.45) is 15.5. The molecule has 7 atom stereocenters. The molecule has 0 unspecified atom stereocenters. The zero-order valence-corrected chi connectivity index (χ0v) is 24.7. The average molecular weight is 579 g/mol. The molecule has 4 N–H and O–H groups in total. The number of nitrogens with one attached hydrogen (secondary N) is 1. The van der Waals surface area contributed by atoms with E-state index in [1.807, 2.05) is 0 Å². The highest BCUT2D eigenvalue weighted by Gasteiger charge is 2.63. The van der Waals surface area contributed by atoms with Gasteiger partial charge in [-0.2, -0.15) is 0 Å². The first-order valence-corrected chi connectivity index (χ1v) is 14.9. The largest absolute Gasteiger partial charge is 0.504 e. The van der Waals surface area contributed by atoms with Gasteiger partial charge in [0, 0.05) is 11.8 Å². The molecular weight excluding hydrogens is 536 g/mol. The van der Waals surface area contributed by atoms with Gasteiger partial charge in [0.25, 0.3) is 5.91 Å². The van der Waals surface area contributed by atoms with E-state index < -0.39 is 23.5 Å². The molecule has 9 heteroatoms. The van der Waals surface area contributed by atoms with E-state index in [-0.39, 0.29) is 35.4 Å². The molecule has 0 aromatic heterocycles. The maximum Gasteiger partial charge on any atom is 0.328 e. The first-order valence-electron chi connectivity index (χ1n) is 14.9. The van der Waals surface area contributed by atoms with Gasteiger partial charge in [0.1, 0.15) is 11.6 Å². The van der Waals surface area contributed by atoms with Gasteiger partial charge in [-0.05, 0) is 98.3 Å². The highest BCUT2D eigenvalue weighted by molar-refractivity contribution is 5.96. The Morgan fingerprint density at radius 3 is 2.60 bits per heavy atom. The van der Waals surface area contributed by atoms with Crippen molar-refractivity contribution in [1.29, 1.82) is 0 Å². The number of nitrogens with zero attached hydrogens (tertiary/aromatic N) is 1. The van der Waals surface area contributed by atoms with Gasteiger partial charge in [-0.1, -0.05) is 36.6 Å². The second kappa shape index (κ2) is 11.3.